The van der Waals surface area contributed by atoms with Crippen LogP contribution in [0, 0.1) is 0 Å². The van der Waals surface area contributed by atoms with Crippen LogP contribution in [0.1, 0.15) is 24.8 Å². The lowest BCUT2D eigenvalue weighted by atomic mass is 10.0. The molecule has 1 aromatic carbocycles. The minimum Gasteiger partial charge on any atom is -0.289 e. The molecule has 1 aliphatic rings. The summed E-state index contributed by atoms with van der Waals surface area (Å²) in [5.74, 6) is 0.728. The van der Waals surface area contributed by atoms with Crippen molar-refractivity contribution in [1.82, 2.24) is 0 Å². The van der Waals surface area contributed by atoms with E-state index < -0.39 is 0 Å². The second-order valence-electron chi connectivity index (χ2n) is 4.79. The highest BCUT2D eigenvalue weighted by atomic mass is 35.5. The molecule has 0 spiro atoms. The maximum Gasteiger partial charge on any atom is 0.0393 e. The first-order valence-corrected chi connectivity index (χ1v) is 7.61. The summed E-state index contributed by atoms with van der Waals surface area (Å²) >= 11 is 5.66. The van der Waals surface area contributed by atoms with Crippen molar-refractivity contribution in [3.63, 3.8) is 0 Å². The Morgan fingerprint density at radius 3 is 2.75 bits per heavy atom. The van der Waals surface area contributed by atoms with Gasteiger partial charge in [-0.3, -0.25) is 4.99 Å². The van der Waals surface area contributed by atoms with Gasteiger partial charge in [0.05, 0.1) is 0 Å². The fourth-order valence-electron chi connectivity index (χ4n) is 2.03. The maximum atomic E-state index is 5.66. The van der Waals surface area contributed by atoms with Crippen LogP contribution in [-0.4, -0.2) is 18.1 Å². The van der Waals surface area contributed by atoms with E-state index >= 15 is 0 Å². The third kappa shape index (κ3) is 5.18. The van der Waals surface area contributed by atoms with Crippen LogP contribution in [0.5, 0.6) is 0 Å². The van der Waals surface area contributed by atoms with Crippen LogP contribution in [-0.2, 0) is 0 Å². The van der Waals surface area contributed by atoms with Gasteiger partial charge in [-0.15, -0.1) is 11.6 Å². The summed E-state index contributed by atoms with van der Waals surface area (Å²) in [5.41, 5.74) is 3.69. The number of halogens is 1. The number of allylic oxidation sites excluding steroid dienone is 5. The first kappa shape index (κ1) is 14.8. The molecule has 0 saturated heterocycles. The van der Waals surface area contributed by atoms with Crippen molar-refractivity contribution in [1.29, 1.82) is 0 Å². The molecule has 1 aliphatic carbocycles. The Morgan fingerprint density at radius 2 is 1.95 bits per heavy atom. The van der Waals surface area contributed by atoms with E-state index in [0.717, 1.165) is 37.4 Å². The number of hydrogen-bond donors (Lipinski definition) is 0. The Bertz CT molecular complexity index is 524. The molecule has 20 heavy (non-hydrogen) atoms. The molecule has 2 heteroatoms. The molecule has 0 bridgehead atoms. The van der Waals surface area contributed by atoms with Crippen LogP contribution in [0.4, 0.5) is 0 Å². The molecule has 0 heterocycles. The van der Waals surface area contributed by atoms with Crippen molar-refractivity contribution < 1.29 is 0 Å². The Balaban J connectivity index is 1.89. The van der Waals surface area contributed by atoms with Gasteiger partial charge >= 0.3 is 0 Å². The molecule has 0 radical (unpaired) electrons. The fraction of sp³-hybridized carbons (Fsp3) is 0.278. The first-order chi connectivity index (χ1) is 9.88. The largest absolute Gasteiger partial charge is 0.289 e. The fourth-order valence-corrected chi connectivity index (χ4v) is 2.22. The van der Waals surface area contributed by atoms with Crippen molar-refractivity contribution >= 4 is 23.4 Å². The highest BCUT2D eigenvalue weighted by Gasteiger charge is 2.02. The molecule has 0 unspecified atom stereocenters. The average molecular weight is 286 g/mol. The van der Waals surface area contributed by atoms with Gasteiger partial charge in [0.25, 0.3) is 0 Å². The van der Waals surface area contributed by atoms with Gasteiger partial charge in [0.1, 0.15) is 0 Å². The van der Waals surface area contributed by atoms with Gasteiger partial charge in [0, 0.05) is 24.6 Å². The van der Waals surface area contributed by atoms with E-state index in [-0.39, 0.29) is 0 Å². The molecular weight excluding hydrogens is 266 g/mol. The van der Waals surface area contributed by atoms with Gasteiger partial charge in [0.15, 0.2) is 0 Å². The highest BCUT2D eigenvalue weighted by Crippen LogP contribution is 2.14. The number of aliphatic imine (C=N–C) groups is 1. The molecule has 0 saturated carbocycles. The van der Waals surface area contributed by atoms with Crippen molar-refractivity contribution in [3.8, 4) is 0 Å². The van der Waals surface area contributed by atoms with E-state index in [1.54, 1.807) is 0 Å². The van der Waals surface area contributed by atoms with Gasteiger partial charge < -0.3 is 0 Å². The van der Waals surface area contributed by atoms with E-state index in [1.165, 1.54) is 11.1 Å². The van der Waals surface area contributed by atoms with Crippen molar-refractivity contribution in [2.75, 3.05) is 12.4 Å². The summed E-state index contributed by atoms with van der Waals surface area (Å²) in [6.07, 6.45) is 13.7. The predicted molar refractivity (Wildman–Crippen MR) is 89.6 cm³/mol. The van der Waals surface area contributed by atoms with Crippen LogP contribution in [0.3, 0.4) is 0 Å². The quantitative estimate of drug-likeness (QED) is 0.512. The number of benzene rings is 1. The molecule has 104 valence electrons. The zero-order valence-electron chi connectivity index (χ0n) is 11.6. The normalized spacial score (nSPS) is 16.9. The summed E-state index contributed by atoms with van der Waals surface area (Å²) < 4.78 is 0. The third-order valence-corrected chi connectivity index (χ3v) is 3.40. The SMILES string of the molecule is ClCCCCN=C1C=CC=C(C=Cc2ccccc2)C1. The molecule has 0 N–H and O–H groups in total. The van der Waals surface area contributed by atoms with Gasteiger partial charge in [-0.1, -0.05) is 54.6 Å². The number of alkyl halides is 1. The molecule has 1 aromatic rings. The Kier molecular flexibility index (Phi) is 6.33. The summed E-state index contributed by atoms with van der Waals surface area (Å²) in [6.45, 7) is 0.877. The van der Waals surface area contributed by atoms with Crippen LogP contribution in [0.2, 0.25) is 0 Å². The highest BCUT2D eigenvalue weighted by molar-refractivity contribution is 6.17. The molecule has 0 aliphatic heterocycles. The molecule has 0 amide bonds. The standard InChI is InChI=1S/C18H20ClN/c19-13-4-5-14-20-18-10-6-9-17(15-18)12-11-16-7-2-1-3-8-16/h1-3,6-12H,4-5,13-15H2. The topological polar surface area (TPSA) is 12.4 Å². The smallest absolute Gasteiger partial charge is 0.0393 e. The van der Waals surface area contributed by atoms with Gasteiger partial charge in [-0.05, 0) is 30.1 Å². The van der Waals surface area contributed by atoms with Crippen molar-refractivity contribution in [3.05, 3.63) is 65.8 Å². The number of nitrogens with zero attached hydrogens (tertiary/aromatic N) is 1. The summed E-state index contributed by atoms with van der Waals surface area (Å²) in [5, 5.41) is 0. The zero-order chi connectivity index (χ0) is 14.0. The zero-order valence-corrected chi connectivity index (χ0v) is 12.4. The lowest BCUT2D eigenvalue weighted by Gasteiger charge is -2.07. The predicted octanol–water partition coefficient (Wildman–Crippen LogP) is 5.05. The van der Waals surface area contributed by atoms with Crippen molar-refractivity contribution in [2.24, 2.45) is 4.99 Å². The second kappa shape index (κ2) is 8.55. The second-order valence-corrected chi connectivity index (χ2v) is 5.17. The Morgan fingerprint density at radius 1 is 1.10 bits per heavy atom. The van der Waals surface area contributed by atoms with Gasteiger partial charge in [0.2, 0.25) is 0 Å². The monoisotopic (exact) mass is 285 g/mol. The van der Waals surface area contributed by atoms with E-state index in [9.17, 15) is 0 Å². The van der Waals surface area contributed by atoms with Crippen LogP contribution < -0.4 is 0 Å². The van der Waals surface area contributed by atoms with E-state index in [1.807, 2.05) is 6.07 Å². The van der Waals surface area contributed by atoms with Gasteiger partial charge in [-0.25, -0.2) is 0 Å². The van der Waals surface area contributed by atoms with E-state index in [0.29, 0.717) is 0 Å². The molecule has 0 aromatic heterocycles. The number of unbranched alkanes of at least 4 members (excludes halogenated alkanes) is 1. The van der Waals surface area contributed by atoms with Gasteiger partial charge in [-0.2, -0.15) is 0 Å². The van der Waals surface area contributed by atoms with Crippen LogP contribution in [0.15, 0.2) is 65.2 Å². The lowest BCUT2D eigenvalue weighted by molar-refractivity contribution is 0.811. The molecule has 1 nitrogen and oxygen atoms in total. The Labute approximate surface area is 126 Å². The lowest BCUT2D eigenvalue weighted by Crippen LogP contribution is -2.01. The molecular formula is C18H20ClN. The van der Waals surface area contributed by atoms with Crippen molar-refractivity contribution in [2.45, 2.75) is 19.3 Å². The van der Waals surface area contributed by atoms with Crippen LogP contribution >= 0.6 is 11.6 Å². The molecule has 2 rings (SSSR count). The average Bonchev–Trinajstić information content (AvgIpc) is 2.51. The minimum atomic E-state index is 0.728. The van der Waals surface area contributed by atoms with Crippen LogP contribution in [0.25, 0.3) is 6.08 Å². The molecule has 0 atom stereocenters. The summed E-state index contributed by atoms with van der Waals surface area (Å²) in [4.78, 5) is 4.62. The minimum absolute atomic E-state index is 0.728. The first-order valence-electron chi connectivity index (χ1n) is 7.08. The summed E-state index contributed by atoms with van der Waals surface area (Å²) in [6, 6.07) is 10.4. The summed E-state index contributed by atoms with van der Waals surface area (Å²) in [7, 11) is 0. The maximum absolute atomic E-state index is 5.66. The number of hydrogen-bond acceptors (Lipinski definition) is 1. The Hall–Kier alpha value is -1.60. The van der Waals surface area contributed by atoms with E-state index in [2.05, 4.69) is 59.6 Å². The third-order valence-electron chi connectivity index (χ3n) is 3.13. The van der Waals surface area contributed by atoms with E-state index in [4.69, 9.17) is 11.6 Å². The molecule has 0 fully saturated rings. The number of rotatable bonds is 6.